The molecule has 1 fully saturated rings. The maximum Gasteiger partial charge on any atom is 0.490 e. The zero-order chi connectivity index (χ0) is 33.6. The lowest BCUT2D eigenvalue weighted by Gasteiger charge is -2.37. The van der Waals surface area contributed by atoms with Gasteiger partial charge in [-0.1, -0.05) is 48.0 Å². The summed E-state index contributed by atoms with van der Waals surface area (Å²) in [7, 11) is 1.97. The predicted molar refractivity (Wildman–Crippen MR) is 172 cm³/mol. The minimum absolute atomic E-state index is 0.0108. The van der Waals surface area contributed by atoms with Gasteiger partial charge in [0.1, 0.15) is 10.7 Å². The van der Waals surface area contributed by atoms with Crippen molar-refractivity contribution in [2.24, 2.45) is 0 Å². The zero-order valence-corrected chi connectivity index (χ0v) is 26.5. The normalized spacial score (nSPS) is 16.3. The molecule has 1 heterocycles. The molecule has 4 aromatic rings. The van der Waals surface area contributed by atoms with E-state index in [2.05, 4.69) is 10.6 Å². The maximum absolute atomic E-state index is 15.2. The first-order valence-corrected chi connectivity index (χ1v) is 15.6. The molecule has 5 rings (SSSR count). The monoisotopic (exact) mass is 677 g/mol. The Labute approximate surface area is 272 Å². The van der Waals surface area contributed by atoms with E-state index in [1.54, 1.807) is 6.07 Å². The van der Waals surface area contributed by atoms with Gasteiger partial charge in [-0.2, -0.15) is 13.2 Å². The number of fused-ring (bicyclic) bond motifs is 1. The van der Waals surface area contributed by atoms with Crippen LogP contribution in [0, 0.1) is 5.82 Å². The van der Waals surface area contributed by atoms with Gasteiger partial charge in [0.05, 0.1) is 5.02 Å². The molecule has 1 aliphatic rings. The number of aliphatic carboxylic acids is 1. The third kappa shape index (κ3) is 8.62. The molecule has 0 bridgehead atoms. The second kappa shape index (κ2) is 15.1. The number of nitrogens with one attached hydrogen (secondary N) is 2. The van der Waals surface area contributed by atoms with Gasteiger partial charge in [-0.15, -0.1) is 11.3 Å². The molecule has 13 heteroatoms. The number of anilines is 1. The number of hydrogen-bond donors (Lipinski definition) is 3. The van der Waals surface area contributed by atoms with Crippen molar-refractivity contribution in [3.05, 3.63) is 88.0 Å². The van der Waals surface area contributed by atoms with Gasteiger partial charge >= 0.3 is 12.1 Å². The van der Waals surface area contributed by atoms with Crippen LogP contribution < -0.4 is 10.6 Å². The van der Waals surface area contributed by atoms with Crippen LogP contribution in [0.1, 0.15) is 47.8 Å². The van der Waals surface area contributed by atoms with Gasteiger partial charge in [0.15, 0.2) is 0 Å². The minimum atomic E-state index is -5.08. The number of rotatable bonds is 7. The van der Waals surface area contributed by atoms with Gasteiger partial charge in [-0.05, 0) is 74.2 Å². The van der Waals surface area contributed by atoms with Crippen molar-refractivity contribution in [1.29, 1.82) is 0 Å². The summed E-state index contributed by atoms with van der Waals surface area (Å²) in [6.07, 6.45) is -1.50. The van der Waals surface area contributed by atoms with Crippen LogP contribution in [0.4, 0.5) is 23.2 Å². The van der Waals surface area contributed by atoms with Crippen molar-refractivity contribution in [2.45, 2.75) is 57.4 Å². The van der Waals surface area contributed by atoms with Crippen LogP contribution in [0.5, 0.6) is 0 Å². The molecule has 1 aliphatic carbocycles. The standard InChI is InChI=1S/C31H31ClFN3O2S.C2HF3O2/c1-19(37)35-24-10-7-20(8-11-24)21-9-16-27(33)22(17-21)18-36(25-14-12-23(34-2)13-15-25)31(38)30-29(32)26-5-3-4-6-28(26)39-30;3-2(4,5)1(6)7/h3-11,16-17,23,25,34H,12-15,18H2,1-2H3,(H,35,37);(H,6,7). The van der Waals surface area contributed by atoms with E-state index in [0.717, 1.165) is 46.9 Å². The smallest absolute Gasteiger partial charge is 0.475 e. The lowest BCUT2D eigenvalue weighted by molar-refractivity contribution is -0.192. The van der Waals surface area contributed by atoms with Crippen LogP contribution in [-0.2, 0) is 16.1 Å². The number of nitrogens with zero attached hydrogens (tertiary/aromatic N) is 1. The van der Waals surface area contributed by atoms with Crippen LogP contribution in [0.2, 0.25) is 5.02 Å². The van der Waals surface area contributed by atoms with E-state index in [1.165, 1.54) is 24.3 Å². The number of carbonyl (C=O) groups is 3. The number of alkyl halides is 3. The summed E-state index contributed by atoms with van der Waals surface area (Å²) >= 11 is 8.11. The number of carboxylic acid groups (broad SMARTS) is 1. The topological polar surface area (TPSA) is 98.7 Å². The van der Waals surface area contributed by atoms with Gasteiger partial charge < -0.3 is 20.6 Å². The second-order valence-electron chi connectivity index (χ2n) is 10.8. The number of halogens is 5. The summed E-state index contributed by atoms with van der Waals surface area (Å²) in [5.74, 6) is -3.40. The van der Waals surface area contributed by atoms with E-state index in [1.807, 2.05) is 66.5 Å². The van der Waals surface area contributed by atoms with Crippen molar-refractivity contribution in [3.63, 3.8) is 0 Å². The Morgan fingerprint density at radius 3 is 2.15 bits per heavy atom. The highest BCUT2D eigenvalue weighted by molar-refractivity contribution is 7.21. The predicted octanol–water partition coefficient (Wildman–Crippen LogP) is 8.13. The summed E-state index contributed by atoms with van der Waals surface area (Å²) in [5.41, 5.74) is 2.89. The lowest BCUT2D eigenvalue weighted by Crippen LogP contribution is -2.44. The Morgan fingerprint density at radius 1 is 0.978 bits per heavy atom. The Bertz CT molecular complexity index is 1700. The largest absolute Gasteiger partial charge is 0.490 e. The Hall–Kier alpha value is -4.00. The molecule has 1 aromatic heterocycles. The molecule has 0 radical (unpaired) electrons. The van der Waals surface area contributed by atoms with Crippen LogP contribution >= 0.6 is 22.9 Å². The summed E-state index contributed by atoms with van der Waals surface area (Å²) in [4.78, 5) is 36.6. The van der Waals surface area contributed by atoms with E-state index in [4.69, 9.17) is 21.5 Å². The number of carboxylic acids is 1. The van der Waals surface area contributed by atoms with Gasteiger partial charge in [0.25, 0.3) is 5.91 Å². The van der Waals surface area contributed by atoms with E-state index < -0.39 is 12.1 Å². The molecule has 0 spiro atoms. The minimum Gasteiger partial charge on any atom is -0.475 e. The molecule has 0 saturated heterocycles. The third-order valence-electron chi connectivity index (χ3n) is 7.70. The molecule has 7 nitrogen and oxygen atoms in total. The number of hydrogen-bond acceptors (Lipinski definition) is 5. The fourth-order valence-corrected chi connectivity index (χ4v) is 6.80. The molecule has 0 aliphatic heterocycles. The molecule has 46 heavy (non-hydrogen) atoms. The van der Waals surface area contributed by atoms with E-state index in [9.17, 15) is 22.8 Å². The van der Waals surface area contributed by atoms with Crippen LogP contribution in [-0.4, -0.2) is 53.1 Å². The van der Waals surface area contributed by atoms with E-state index in [-0.39, 0.29) is 30.2 Å². The first-order chi connectivity index (χ1) is 21.8. The highest BCUT2D eigenvalue weighted by atomic mass is 35.5. The number of amides is 2. The van der Waals surface area contributed by atoms with Gasteiger partial charge in [0.2, 0.25) is 5.91 Å². The molecule has 1 saturated carbocycles. The lowest BCUT2D eigenvalue weighted by atomic mass is 9.89. The fraction of sp³-hybridized carbons (Fsp3) is 0.303. The van der Waals surface area contributed by atoms with Crippen molar-refractivity contribution >= 4 is 56.5 Å². The van der Waals surface area contributed by atoms with Crippen LogP contribution in [0.3, 0.4) is 0 Å². The molecule has 0 atom stereocenters. The van der Waals surface area contributed by atoms with Crippen molar-refractivity contribution < 1.29 is 37.1 Å². The number of thiophene rings is 1. The van der Waals surface area contributed by atoms with E-state index in [0.29, 0.717) is 27.2 Å². The van der Waals surface area contributed by atoms with Gasteiger partial charge in [-0.25, -0.2) is 9.18 Å². The highest BCUT2D eigenvalue weighted by Gasteiger charge is 2.38. The maximum atomic E-state index is 15.2. The molecule has 3 aromatic carbocycles. The SMILES string of the molecule is CNC1CCC(N(Cc2cc(-c3ccc(NC(C)=O)cc3)ccc2F)C(=O)c2sc3ccccc3c2Cl)CC1.O=C(O)C(F)(F)F. The van der Waals surface area contributed by atoms with Crippen molar-refractivity contribution in [3.8, 4) is 11.1 Å². The number of carbonyl (C=O) groups excluding carboxylic acids is 2. The van der Waals surface area contributed by atoms with Crippen molar-refractivity contribution in [2.75, 3.05) is 12.4 Å². The van der Waals surface area contributed by atoms with Gasteiger partial charge in [0, 0.05) is 46.9 Å². The summed E-state index contributed by atoms with van der Waals surface area (Å²) in [5, 5.41) is 14.6. The molecular weight excluding hydrogens is 646 g/mol. The average molecular weight is 678 g/mol. The van der Waals surface area contributed by atoms with Crippen LogP contribution in [0.15, 0.2) is 66.7 Å². The fourth-order valence-electron chi connectivity index (χ4n) is 5.33. The van der Waals surface area contributed by atoms with Crippen LogP contribution in [0.25, 0.3) is 21.2 Å². The average Bonchev–Trinajstić information content (AvgIpc) is 3.36. The summed E-state index contributed by atoms with van der Waals surface area (Å²) in [6, 6.07) is 20.6. The second-order valence-corrected chi connectivity index (χ2v) is 12.3. The third-order valence-corrected chi connectivity index (χ3v) is 9.37. The van der Waals surface area contributed by atoms with E-state index >= 15 is 4.39 Å². The van der Waals surface area contributed by atoms with Crippen molar-refractivity contribution in [1.82, 2.24) is 10.2 Å². The van der Waals surface area contributed by atoms with Gasteiger partial charge in [-0.3, -0.25) is 9.59 Å². The zero-order valence-electron chi connectivity index (χ0n) is 25.0. The molecule has 2 amide bonds. The Kier molecular flexibility index (Phi) is 11.4. The molecular formula is C33H32ClF4N3O4S. The Balaban J connectivity index is 0.000000617. The summed E-state index contributed by atoms with van der Waals surface area (Å²) in [6.45, 7) is 1.62. The highest BCUT2D eigenvalue weighted by Crippen LogP contribution is 2.38. The molecule has 3 N–H and O–H groups in total. The first kappa shape index (κ1) is 34.9. The number of benzene rings is 3. The molecule has 0 unspecified atom stereocenters. The quantitative estimate of drug-likeness (QED) is 0.172. The Morgan fingerprint density at radius 2 is 1.59 bits per heavy atom. The summed E-state index contributed by atoms with van der Waals surface area (Å²) < 4.78 is 47.9. The first-order valence-electron chi connectivity index (χ1n) is 14.4. The molecule has 244 valence electrons.